The van der Waals surface area contributed by atoms with Crippen molar-refractivity contribution in [2.45, 2.75) is 55.9 Å². The van der Waals surface area contributed by atoms with Crippen molar-refractivity contribution >= 4 is 27.6 Å². The summed E-state index contributed by atoms with van der Waals surface area (Å²) in [5, 5.41) is 19.1. The molecule has 1 aliphatic carbocycles. The van der Waals surface area contributed by atoms with E-state index in [0.717, 1.165) is 22.3 Å². The summed E-state index contributed by atoms with van der Waals surface area (Å²) in [6.45, 7) is -0.0297. The number of rotatable bonds is 11. The lowest BCUT2D eigenvalue weighted by molar-refractivity contribution is -0.757. The highest BCUT2D eigenvalue weighted by Crippen LogP contribution is 2.29. The van der Waals surface area contributed by atoms with E-state index in [-0.39, 0.29) is 24.0 Å². The van der Waals surface area contributed by atoms with Crippen LogP contribution in [0, 0.1) is 10.1 Å². The van der Waals surface area contributed by atoms with Crippen molar-refractivity contribution in [3.63, 3.8) is 0 Å². The highest BCUT2D eigenvalue weighted by atomic mass is 35.5. The maximum Gasteiger partial charge on any atom is 0.303 e. The van der Waals surface area contributed by atoms with Crippen LogP contribution in [-0.4, -0.2) is 37.2 Å². The number of nitrogens with zero attached hydrogens (tertiary/aromatic N) is 1. The SMILES string of the molecule is O=C(O)CCc1cc(CCCO[N+](=O)[O-])cc2c1CCC(NS(=O)(=O)c1ccc(Cl)cc1)C2. The number of nitrogens with one attached hydrogen (secondary N) is 1. The number of benzene rings is 2. The standard InChI is InChI=1S/C22H25ClN2O7S/c23-18-4-7-20(8-5-18)33(30,31)24-19-6-9-21-16(3-10-22(26)27)12-15(13-17(21)14-19)2-1-11-32-25(28)29/h4-5,7-8,12-13,19,24H,1-3,6,9-11,14H2,(H,26,27). The minimum absolute atomic E-state index is 0.00699. The molecule has 2 N–H and O–H groups in total. The topological polar surface area (TPSA) is 136 Å². The first kappa shape index (κ1) is 24.9. The number of carboxylic acids is 1. The number of aryl methyl sites for hydroxylation is 2. The molecule has 11 heteroatoms. The molecule has 0 radical (unpaired) electrons. The fourth-order valence-electron chi connectivity index (χ4n) is 4.09. The van der Waals surface area contributed by atoms with Gasteiger partial charge in [0.25, 0.3) is 5.09 Å². The molecule has 0 bridgehead atoms. The molecule has 0 fully saturated rings. The summed E-state index contributed by atoms with van der Waals surface area (Å²) >= 11 is 5.85. The minimum Gasteiger partial charge on any atom is -0.481 e. The first-order chi connectivity index (χ1) is 15.6. The van der Waals surface area contributed by atoms with Crippen LogP contribution in [0.4, 0.5) is 0 Å². The summed E-state index contributed by atoms with van der Waals surface area (Å²) in [4.78, 5) is 25.9. The molecule has 0 amide bonds. The van der Waals surface area contributed by atoms with E-state index in [1.165, 1.54) is 24.3 Å². The molecule has 1 atom stereocenters. The van der Waals surface area contributed by atoms with E-state index in [1.807, 2.05) is 12.1 Å². The van der Waals surface area contributed by atoms with E-state index in [9.17, 15) is 23.3 Å². The van der Waals surface area contributed by atoms with Crippen molar-refractivity contribution in [1.29, 1.82) is 0 Å². The monoisotopic (exact) mass is 496 g/mol. The molecule has 0 heterocycles. The van der Waals surface area contributed by atoms with Gasteiger partial charge in [-0.05, 0) is 85.0 Å². The Hall–Kier alpha value is -2.69. The highest BCUT2D eigenvalue weighted by Gasteiger charge is 2.26. The Morgan fingerprint density at radius 3 is 2.64 bits per heavy atom. The Balaban J connectivity index is 1.77. The van der Waals surface area contributed by atoms with Crippen LogP contribution in [0.15, 0.2) is 41.3 Å². The van der Waals surface area contributed by atoms with Gasteiger partial charge in [-0.25, -0.2) is 13.1 Å². The number of fused-ring (bicyclic) bond motifs is 1. The van der Waals surface area contributed by atoms with Crippen molar-refractivity contribution in [3.8, 4) is 0 Å². The highest BCUT2D eigenvalue weighted by molar-refractivity contribution is 7.89. The van der Waals surface area contributed by atoms with Crippen LogP contribution in [0.5, 0.6) is 0 Å². The fraction of sp³-hybridized carbons (Fsp3) is 0.409. The van der Waals surface area contributed by atoms with Gasteiger partial charge in [-0.15, -0.1) is 10.1 Å². The third-order valence-electron chi connectivity index (χ3n) is 5.56. The fourth-order valence-corrected chi connectivity index (χ4v) is 5.48. The Labute approximate surface area is 196 Å². The normalized spacial score (nSPS) is 15.6. The summed E-state index contributed by atoms with van der Waals surface area (Å²) in [7, 11) is -3.71. The third kappa shape index (κ3) is 7.15. The van der Waals surface area contributed by atoms with Gasteiger partial charge in [0.1, 0.15) is 0 Å². The lowest BCUT2D eigenvalue weighted by Gasteiger charge is -2.28. The first-order valence-corrected chi connectivity index (χ1v) is 12.4. The summed E-state index contributed by atoms with van der Waals surface area (Å²) < 4.78 is 28.3. The smallest absolute Gasteiger partial charge is 0.303 e. The van der Waals surface area contributed by atoms with Gasteiger partial charge in [-0.2, -0.15) is 0 Å². The maximum atomic E-state index is 12.8. The summed E-state index contributed by atoms with van der Waals surface area (Å²) in [5.41, 5.74) is 3.88. The number of halogens is 1. The van der Waals surface area contributed by atoms with Crippen LogP contribution >= 0.6 is 11.6 Å². The average Bonchev–Trinajstić information content (AvgIpc) is 2.74. The quantitative estimate of drug-likeness (QED) is 0.276. The van der Waals surface area contributed by atoms with Crippen molar-refractivity contribution in [2.24, 2.45) is 0 Å². The van der Waals surface area contributed by atoms with Gasteiger partial charge in [0.2, 0.25) is 10.0 Å². The Morgan fingerprint density at radius 1 is 1.24 bits per heavy atom. The Bertz CT molecular complexity index is 1120. The van der Waals surface area contributed by atoms with Gasteiger partial charge >= 0.3 is 5.97 Å². The largest absolute Gasteiger partial charge is 0.481 e. The van der Waals surface area contributed by atoms with Crippen LogP contribution in [0.3, 0.4) is 0 Å². The van der Waals surface area contributed by atoms with Gasteiger partial charge in [0, 0.05) is 17.5 Å². The molecular weight excluding hydrogens is 472 g/mol. The number of hydrogen-bond acceptors (Lipinski definition) is 6. The predicted molar refractivity (Wildman–Crippen MR) is 121 cm³/mol. The van der Waals surface area contributed by atoms with E-state index in [2.05, 4.69) is 9.56 Å². The van der Waals surface area contributed by atoms with Crippen molar-refractivity contribution < 1.29 is 28.2 Å². The van der Waals surface area contributed by atoms with E-state index >= 15 is 0 Å². The van der Waals surface area contributed by atoms with Gasteiger partial charge in [0.15, 0.2) is 0 Å². The molecule has 3 rings (SSSR count). The second kappa shape index (κ2) is 11.0. The second-order valence-corrected chi connectivity index (χ2v) is 10.1. The molecule has 1 aliphatic rings. The number of sulfonamides is 1. The van der Waals surface area contributed by atoms with Crippen LogP contribution in [0.2, 0.25) is 5.02 Å². The lowest BCUT2D eigenvalue weighted by Crippen LogP contribution is -2.39. The Kier molecular flexibility index (Phi) is 8.28. The molecule has 0 spiro atoms. The molecule has 0 aliphatic heterocycles. The maximum absolute atomic E-state index is 12.8. The van der Waals surface area contributed by atoms with Crippen LogP contribution in [0.1, 0.15) is 41.5 Å². The van der Waals surface area contributed by atoms with Crippen molar-refractivity contribution in [1.82, 2.24) is 4.72 Å². The molecule has 178 valence electrons. The van der Waals surface area contributed by atoms with Gasteiger partial charge in [-0.1, -0.05) is 23.7 Å². The zero-order chi connectivity index (χ0) is 24.0. The van der Waals surface area contributed by atoms with E-state index in [4.69, 9.17) is 16.7 Å². The zero-order valence-corrected chi connectivity index (χ0v) is 19.4. The molecule has 0 aromatic heterocycles. The van der Waals surface area contributed by atoms with Gasteiger partial charge in [0.05, 0.1) is 11.5 Å². The molecular formula is C22H25ClN2O7S. The van der Waals surface area contributed by atoms with E-state index < -0.39 is 21.1 Å². The number of aliphatic carboxylic acids is 1. The molecule has 2 aromatic rings. The molecule has 9 nitrogen and oxygen atoms in total. The lowest BCUT2D eigenvalue weighted by atomic mass is 9.83. The van der Waals surface area contributed by atoms with Gasteiger partial charge in [-0.3, -0.25) is 4.79 Å². The molecule has 0 saturated carbocycles. The zero-order valence-electron chi connectivity index (χ0n) is 17.8. The van der Waals surface area contributed by atoms with Crippen LogP contribution in [0.25, 0.3) is 0 Å². The number of carboxylic acid groups (broad SMARTS) is 1. The summed E-state index contributed by atoms with van der Waals surface area (Å²) in [5.74, 6) is -0.891. The van der Waals surface area contributed by atoms with E-state index in [0.29, 0.717) is 43.5 Å². The molecule has 33 heavy (non-hydrogen) atoms. The predicted octanol–water partition coefficient (Wildman–Crippen LogP) is 3.33. The molecule has 0 saturated heterocycles. The van der Waals surface area contributed by atoms with E-state index in [1.54, 1.807) is 0 Å². The molecule has 2 aromatic carbocycles. The molecule has 1 unspecified atom stereocenters. The number of hydrogen-bond donors (Lipinski definition) is 2. The van der Waals surface area contributed by atoms with Crippen molar-refractivity contribution in [2.75, 3.05) is 6.61 Å². The van der Waals surface area contributed by atoms with Crippen LogP contribution < -0.4 is 4.72 Å². The summed E-state index contributed by atoms with van der Waals surface area (Å²) in [6, 6.07) is 9.58. The van der Waals surface area contributed by atoms with Gasteiger partial charge < -0.3 is 9.94 Å². The van der Waals surface area contributed by atoms with Crippen molar-refractivity contribution in [3.05, 3.63) is 73.8 Å². The third-order valence-corrected chi connectivity index (χ3v) is 7.35. The number of carbonyl (C=O) groups is 1. The Morgan fingerprint density at radius 2 is 1.97 bits per heavy atom. The first-order valence-electron chi connectivity index (χ1n) is 10.5. The van der Waals surface area contributed by atoms with Crippen LogP contribution in [-0.2, 0) is 45.3 Å². The summed E-state index contributed by atoms with van der Waals surface area (Å²) in [6.07, 6.45) is 3.03. The second-order valence-electron chi connectivity index (χ2n) is 7.96. The minimum atomic E-state index is -3.71. The average molecular weight is 497 g/mol.